The van der Waals surface area contributed by atoms with Crippen molar-refractivity contribution in [3.05, 3.63) is 59.4 Å². The van der Waals surface area contributed by atoms with E-state index in [2.05, 4.69) is 10.6 Å². The molecule has 21 heavy (non-hydrogen) atoms. The Hall–Kier alpha value is -2.14. The van der Waals surface area contributed by atoms with Crippen LogP contribution in [0.15, 0.2) is 42.5 Å². The summed E-state index contributed by atoms with van der Waals surface area (Å²) in [6.45, 7) is 2.41. The zero-order valence-corrected chi connectivity index (χ0v) is 12.8. The molecule has 0 heterocycles. The minimum atomic E-state index is -0.246. The van der Waals surface area contributed by atoms with E-state index in [1.807, 2.05) is 31.2 Å². The Kier molecular flexibility index (Phi) is 5.11. The van der Waals surface area contributed by atoms with Crippen molar-refractivity contribution in [2.24, 2.45) is 0 Å². The fourth-order valence-corrected chi connectivity index (χ4v) is 2.07. The Morgan fingerprint density at radius 3 is 2.81 bits per heavy atom. The molecule has 2 aromatic carbocycles. The monoisotopic (exact) mass is 304 g/mol. The molecule has 0 radical (unpaired) electrons. The molecule has 0 amide bonds. The molecule has 3 nitrogen and oxygen atoms in total. The van der Waals surface area contributed by atoms with E-state index in [1.54, 1.807) is 13.2 Å². The minimum Gasteiger partial charge on any atom is -0.497 e. The highest BCUT2D eigenvalue weighted by molar-refractivity contribution is 7.80. The molecular weight excluding hydrogens is 287 g/mol. The van der Waals surface area contributed by atoms with Gasteiger partial charge in [0.15, 0.2) is 5.11 Å². The van der Waals surface area contributed by atoms with E-state index in [0.717, 1.165) is 22.6 Å². The summed E-state index contributed by atoms with van der Waals surface area (Å²) in [4.78, 5) is 0. The molecule has 110 valence electrons. The number of hydrogen-bond acceptors (Lipinski definition) is 2. The first-order chi connectivity index (χ1) is 10.1. The van der Waals surface area contributed by atoms with Crippen LogP contribution in [0.4, 0.5) is 10.1 Å². The van der Waals surface area contributed by atoms with Gasteiger partial charge in [-0.1, -0.05) is 12.1 Å². The van der Waals surface area contributed by atoms with Gasteiger partial charge in [-0.05, 0) is 54.5 Å². The molecule has 0 saturated carbocycles. The summed E-state index contributed by atoms with van der Waals surface area (Å²) in [5, 5.41) is 6.61. The first kappa shape index (κ1) is 15.3. The zero-order chi connectivity index (χ0) is 15.2. The van der Waals surface area contributed by atoms with Gasteiger partial charge < -0.3 is 15.4 Å². The van der Waals surface area contributed by atoms with Crippen LogP contribution in [-0.4, -0.2) is 12.2 Å². The second-order valence-electron chi connectivity index (χ2n) is 4.61. The van der Waals surface area contributed by atoms with Crippen LogP contribution in [0, 0.1) is 12.7 Å². The van der Waals surface area contributed by atoms with Crippen molar-refractivity contribution in [1.82, 2.24) is 5.32 Å². The Labute approximate surface area is 129 Å². The van der Waals surface area contributed by atoms with Crippen LogP contribution in [0.3, 0.4) is 0 Å². The lowest BCUT2D eigenvalue weighted by Crippen LogP contribution is -2.28. The largest absolute Gasteiger partial charge is 0.497 e. The summed E-state index contributed by atoms with van der Waals surface area (Å²) in [5.41, 5.74) is 2.74. The van der Waals surface area contributed by atoms with Crippen LogP contribution < -0.4 is 15.4 Å². The number of methoxy groups -OCH3 is 1. The minimum absolute atomic E-state index is 0.246. The van der Waals surface area contributed by atoms with Crippen molar-refractivity contribution in [3.63, 3.8) is 0 Å². The maximum absolute atomic E-state index is 13.2. The number of thiocarbonyl (C=S) groups is 1. The number of nitrogens with one attached hydrogen (secondary N) is 2. The molecule has 2 aromatic rings. The van der Waals surface area contributed by atoms with Gasteiger partial charge in [0.2, 0.25) is 0 Å². The SMILES string of the molecule is COc1cccc(NC(=S)NCc2cc(F)ccc2C)c1. The van der Waals surface area contributed by atoms with Crippen molar-refractivity contribution in [3.8, 4) is 5.75 Å². The molecule has 0 aromatic heterocycles. The van der Waals surface area contributed by atoms with Crippen molar-refractivity contribution >= 4 is 23.0 Å². The quantitative estimate of drug-likeness (QED) is 0.845. The summed E-state index contributed by atoms with van der Waals surface area (Å²) in [6.07, 6.45) is 0. The molecule has 0 spiro atoms. The number of halogens is 1. The molecule has 0 atom stereocenters. The normalized spacial score (nSPS) is 10.0. The number of rotatable bonds is 4. The van der Waals surface area contributed by atoms with Gasteiger partial charge in [0.25, 0.3) is 0 Å². The molecule has 0 fully saturated rings. The summed E-state index contributed by atoms with van der Waals surface area (Å²) in [6, 6.07) is 12.2. The molecule has 0 aliphatic rings. The van der Waals surface area contributed by atoms with E-state index in [9.17, 15) is 4.39 Å². The summed E-state index contributed by atoms with van der Waals surface area (Å²) < 4.78 is 18.4. The van der Waals surface area contributed by atoms with E-state index in [-0.39, 0.29) is 5.82 Å². The average molecular weight is 304 g/mol. The fraction of sp³-hybridized carbons (Fsp3) is 0.188. The number of anilines is 1. The van der Waals surface area contributed by atoms with Gasteiger partial charge in [-0.2, -0.15) is 0 Å². The summed E-state index contributed by atoms with van der Waals surface area (Å²) in [7, 11) is 1.61. The molecule has 0 saturated heterocycles. The number of hydrogen-bond donors (Lipinski definition) is 2. The van der Waals surface area contributed by atoms with Crippen LogP contribution in [-0.2, 0) is 6.54 Å². The molecule has 0 aliphatic heterocycles. The summed E-state index contributed by atoms with van der Waals surface area (Å²) >= 11 is 5.23. The lowest BCUT2D eigenvalue weighted by atomic mass is 10.1. The van der Waals surface area contributed by atoms with Crippen LogP contribution in [0.5, 0.6) is 5.75 Å². The molecule has 0 bridgehead atoms. The maximum atomic E-state index is 13.2. The highest BCUT2D eigenvalue weighted by Crippen LogP contribution is 2.16. The Morgan fingerprint density at radius 1 is 1.24 bits per heavy atom. The zero-order valence-electron chi connectivity index (χ0n) is 11.9. The van der Waals surface area contributed by atoms with Gasteiger partial charge in [0, 0.05) is 18.3 Å². The fourth-order valence-electron chi connectivity index (χ4n) is 1.88. The first-order valence-electron chi connectivity index (χ1n) is 6.52. The maximum Gasteiger partial charge on any atom is 0.171 e. The third-order valence-corrected chi connectivity index (χ3v) is 3.32. The number of aryl methyl sites for hydroxylation is 1. The molecule has 0 unspecified atom stereocenters. The van der Waals surface area contributed by atoms with Gasteiger partial charge in [0.1, 0.15) is 11.6 Å². The lowest BCUT2D eigenvalue weighted by Gasteiger charge is -2.12. The Morgan fingerprint density at radius 2 is 2.05 bits per heavy atom. The number of benzene rings is 2. The third-order valence-electron chi connectivity index (χ3n) is 3.08. The number of ether oxygens (including phenoxy) is 1. The van der Waals surface area contributed by atoms with Crippen LogP contribution >= 0.6 is 12.2 Å². The van der Waals surface area contributed by atoms with Crippen molar-refractivity contribution in [2.45, 2.75) is 13.5 Å². The highest BCUT2D eigenvalue weighted by atomic mass is 32.1. The van der Waals surface area contributed by atoms with Crippen molar-refractivity contribution in [1.29, 1.82) is 0 Å². The van der Waals surface area contributed by atoms with Gasteiger partial charge in [0.05, 0.1) is 7.11 Å². The van der Waals surface area contributed by atoms with Crippen LogP contribution in [0.2, 0.25) is 0 Å². The standard InChI is InChI=1S/C16H17FN2OS/c1-11-6-7-13(17)8-12(11)10-18-16(21)19-14-4-3-5-15(9-14)20-2/h3-9H,10H2,1-2H3,(H2,18,19,21). The first-order valence-corrected chi connectivity index (χ1v) is 6.93. The van der Waals surface area contributed by atoms with Gasteiger partial charge in [-0.25, -0.2) is 4.39 Å². The van der Waals surface area contributed by atoms with Gasteiger partial charge in [-0.3, -0.25) is 0 Å². The van der Waals surface area contributed by atoms with E-state index >= 15 is 0 Å². The smallest absolute Gasteiger partial charge is 0.171 e. The second kappa shape index (κ2) is 7.04. The topological polar surface area (TPSA) is 33.3 Å². The summed E-state index contributed by atoms with van der Waals surface area (Å²) in [5.74, 6) is 0.507. The Bertz CT molecular complexity index is 646. The van der Waals surface area contributed by atoms with Gasteiger partial charge >= 0.3 is 0 Å². The highest BCUT2D eigenvalue weighted by Gasteiger charge is 2.03. The molecule has 2 rings (SSSR count). The van der Waals surface area contributed by atoms with Crippen LogP contribution in [0.25, 0.3) is 0 Å². The second-order valence-corrected chi connectivity index (χ2v) is 5.02. The van der Waals surface area contributed by atoms with Crippen molar-refractivity contribution < 1.29 is 9.13 Å². The molecular formula is C16H17FN2OS. The molecule has 5 heteroatoms. The van der Waals surface area contributed by atoms with Crippen molar-refractivity contribution in [2.75, 3.05) is 12.4 Å². The average Bonchev–Trinajstić information content (AvgIpc) is 2.48. The third kappa shape index (κ3) is 4.43. The van der Waals surface area contributed by atoms with E-state index < -0.39 is 0 Å². The Balaban J connectivity index is 1.94. The molecule has 2 N–H and O–H groups in total. The van der Waals surface area contributed by atoms with Gasteiger partial charge in [-0.15, -0.1) is 0 Å². The predicted molar refractivity (Wildman–Crippen MR) is 87.2 cm³/mol. The van der Waals surface area contributed by atoms with E-state index in [0.29, 0.717) is 11.7 Å². The molecule has 0 aliphatic carbocycles. The lowest BCUT2D eigenvalue weighted by molar-refractivity contribution is 0.415. The van der Waals surface area contributed by atoms with E-state index in [4.69, 9.17) is 17.0 Å². The van der Waals surface area contributed by atoms with Crippen LogP contribution in [0.1, 0.15) is 11.1 Å². The van der Waals surface area contributed by atoms with E-state index in [1.165, 1.54) is 12.1 Å². The predicted octanol–water partition coefficient (Wildman–Crippen LogP) is 3.63.